The molecule has 0 aliphatic heterocycles. The molecule has 0 heterocycles. The zero-order chi connectivity index (χ0) is 24.7. The number of anilines is 2. The third kappa shape index (κ3) is 6.01. The first-order valence-corrected chi connectivity index (χ1v) is 11.7. The Labute approximate surface area is 197 Å². The minimum absolute atomic E-state index is 0.0275. The molecular weight excluding hydrogens is 460 g/mol. The van der Waals surface area contributed by atoms with Gasteiger partial charge in [0.15, 0.2) is 0 Å². The second kappa shape index (κ2) is 10.7. The molecule has 34 heavy (non-hydrogen) atoms. The fraction of sp³-hybridized carbons (Fsp3) is 0.174. The topological polar surface area (TPSA) is 132 Å². The first-order valence-electron chi connectivity index (χ1n) is 10.2. The molecule has 0 saturated carbocycles. The molecule has 0 aromatic heterocycles. The first kappa shape index (κ1) is 24.5. The highest BCUT2D eigenvalue weighted by atomic mass is 32.2. The molecule has 0 bridgehead atoms. The van der Waals surface area contributed by atoms with Crippen molar-refractivity contribution >= 4 is 33.3 Å². The van der Waals surface area contributed by atoms with E-state index in [4.69, 9.17) is 9.47 Å². The number of methoxy groups -OCH3 is 1. The maximum Gasteiger partial charge on any atom is 0.295 e. The minimum atomic E-state index is -4.12. The van der Waals surface area contributed by atoms with Gasteiger partial charge >= 0.3 is 0 Å². The van der Waals surface area contributed by atoms with Crippen LogP contribution in [0.3, 0.4) is 0 Å². The summed E-state index contributed by atoms with van der Waals surface area (Å²) in [5.74, 6) is 0.927. The van der Waals surface area contributed by atoms with Gasteiger partial charge in [-0.2, -0.15) is 5.10 Å². The van der Waals surface area contributed by atoms with Gasteiger partial charge in [-0.15, -0.1) is 0 Å². The largest absolute Gasteiger partial charge is 0.495 e. The fourth-order valence-corrected chi connectivity index (χ4v) is 4.07. The average Bonchev–Trinajstić information content (AvgIpc) is 2.80. The van der Waals surface area contributed by atoms with Gasteiger partial charge in [0, 0.05) is 11.6 Å². The van der Waals surface area contributed by atoms with Crippen LogP contribution in [-0.2, 0) is 10.0 Å². The Morgan fingerprint density at radius 2 is 1.68 bits per heavy atom. The molecule has 11 heteroatoms. The molecule has 0 atom stereocenters. The van der Waals surface area contributed by atoms with Crippen molar-refractivity contribution in [2.24, 2.45) is 5.10 Å². The van der Waals surface area contributed by atoms with Crippen LogP contribution in [0, 0.1) is 10.1 Å². The van der Waals surface area contributed by atoms with E-state index in [1.807, 2.05) is 26.0 Å². The number of hydrazone groups is 1. The average molecular weight is 485 g/mol. The monoisotopic (exact) mass is 484 g/mol. The van der Waals surface area contributed by atoms with Crippen LogP contribution in [0.1, 0.15) is 19.4 Å². The van der Waals surface area contributed by atoms with Crippen LogP contribution in [0.4, 0.5) is 17.1 Å². The van der Waals surface area contributed by atoms with Gasteiger partial charge in [-0.05, 0) is 50.2 Å². The van der Waals surface area contributed by atoms with Crippen molar-refractivity contribution in [2.45, 2.75) is 24.8 Å². The highest BCUT2D eigenvalue weighted by Gasteiger charge is 2.22. The molecule has 3 rings (SSSR count). The maximum atomic E-state index is 12.8. The van der Waals surface area contributed by atoms with Gasteiger partial charge < -0.3 is 9.47 Å². The van der Waals surface area contributed by atoms with Gasteiger partial charge in [-0.3, -0.25) is 20.3 Å². The highest BCUT2D eigenvalue weighted by Crippen LogP contribution is 2.30. The quantitative estimate of drug-likeness (QED) is 0.243. The van der Waals surface area contributed by atoms with Crippen molar-refractivity contribution in [2.75, 3.05) is 17.3 Å². The summed E-state index contributed by atoms with van der Waals surface area (Å²) in [6.07, 6.45) is 1.43. The van der Waals surface area contributed by atoms with Crippen LogP contribution in [0.25, 0.3) is 0 Å². The number of hydrogen-bond acceptors (Lipinski definition) is 8. The number of ether oxygens (including phenoxy) is 2. The lowest BCUT2D eigenvalue weighted by Gasteiger charge is -2.12. The first-order chi connectivity index (χ1) is 16.2. The van der Waals surface area contributed by atoms with E-state index in [2.05, 4.69) is 15.2 Å². The second-order valence-corrected chi connectivity index (χ2v) is 9.00. The van der Waals surface area contributed by atoms with Crippen molar-refractivity contribution in [3.05, 3.63) is 82.4 Å². The fourth-order valence-electron chi connectivity index (χ4n) is 2.98. The number of nitrogens with zero attached hydrogens (tertiary/aromatic N) is 2. The summed E-state index contributed by atoms with van der Waals surface area (Å²) in [5.41, 5.74) is 3.07. The van der Waals surface area contributed by atoms with Gasteiger partial charge in [0.1, 0.15) is 17.2 Å². The molecular formula is C23H24N4O6S. The standard InChI is InChI=1S/C23H24N4O6S/c1-16(2)33-22-10-6-4-8-17(22)15-24-25-19-13-12-18(14-21(19)27(28)29)34(30,31)26-20-9-5-7-11-23(20)32-3/h4-16,25-26H,1-3H3/b24-15+. The predicted octanol–water partition coefficient (Wildman–Crippen LogP) is 4.64. The number of nitrogens with one attached hydrogen (secondary N) is 2. The molecule has 0 radical (unpaired) electrons. The number of hydrogen-bond donors (Lipinski definition) is 2. The van der Waals surface area contributed by atoms with Crippen molar-refractivity contribution in [1.82, 2.24) is 0 Å². The van der Waals surface area contributed by atoms with E-state index in [0.717, 1.165) is 6.07 Å². The Hall–Kier alpha value is -4.12. The SMILES string of the molecule is COc1ccccc1NS(=O)(=O)c1ccc(N/N=C/c2ccccc2OC(C)C)c([N+](=O)[O-])c1. The predicted molar refractivity (Wildman–Crippen MR) is 130 cm³/mol. The van der Waals surface area contributed by atoms with Crippen molar-refractivity contribution in [3.63, 3.8) is 0 Å². The zero-order valence-electron chi connectivity index (χ0n) is 18.8. The number of para-hydroxylation sites is 3. The van der Waals surface area contributed by atoms with Gasteiger partial charge in [0.2, 0.25) is 0 Å². The molecule has 0 amide bonds. The molecule has 0 aliphatic rings. The Kier molecular flexibility index (Phi) is 7.69. The molecule has 10 nitrogen and oxygen atoms in total. The molecule has 0 saturated heterocycles. The third-order valence-corrected chi connectivity index (χ3v) is 5.86. The lowest BCUT2D eigenvalue weighted by Crippen LogP contribution is -2.14. The number of sulfonamides is 1. The number of benzene rings is 3. The van der Waals surface area contributed by atoms with E-state index in [1.54, 1.807) is 30.3 Å². The molecule has 0 aliphatic carbocycles. The molecule has 2 N–H and O–H groups in total. The summed E-state index contributed by atoms with van der Waals surface area (Å²) in [6.45, 7) is 3.79. The van der Waals surface area contributed by atoms with Gasteiger partial charge in [0.05, 0.1) is 34.9 Å². The lowest BCUT2D eigenvalue weighted by molar-refractivity contribution is -0.384. The lowest BCUT2D eigenvalue weighted by atomic mass is 10.2. The van der Waals surface area contributed by atoms with E-state index in [0.29, 0.717) is 17.1 Å². The van der Waals surface area contributed by atoms with Crippen molar-refractivity contribution < 1.29 is 22.8 Å². The molecule has 178 valence electrons. The van der Waals surface area contributed by atoms with Gasteiger partial charge in [-0.1, -0.05) is 24.3 Å². The summed E-state index contributed by atoms with van der Waals surface area (Å²) < 4.78 is 38.9. The smallest absolute Gasteiger partial charge is 0.295 e. The van der Waals surface area contributed by atoms with Crippen molar-refractivity contribution in [1.29, 1.82) is 0 Å². The molecule has 0 spiro atoms. The molecule has 0 unspecified atom stereocenters. The van der Waals surface area contributed by atoms with E-state index in [1.165, 1.54) is 31.5 Å². The number of rotatable bonds is 10. The normalized spacial score (nSPS) is 11.4. The summed E-state index contributed by atoms with van der Waals surface area (Å²) >= 11 is 0. The van der Waals surface area contributed by atoms with Crippen LogP contribution < -0.4 is 19.6 Å². The van der Waals surface area contributed by atoms with Crippen LogP contribution in [0.2, 0.25) is 0 Å². The second-order valence-electron chi connectivity index (χ2n) is 7.32. The maximum absolute atomic E-state index is 12.8. The number of nitro benzene ring substituents is 1. The summed E-state index contributed by atoms with van der Waals surface area (Å²) in [7, 11) is -2.71. The van der Waals surface area contributed by atoms with Crippen LogP contribution >= 0.6 is 0 Å². The highest BCUT2D eigenvalue weighted by molar-refractivity contribution is 7.92. The molecule has 3 aromatic rings. The summed E-state index contributed by atoms with van der Waals surface area (Å²) in [5, 5.41) is 15.7. The van der Waals surface area contributed by atoms with Crippen LogP contribution in [0.15, 0.2) is 76.7 Å². The van der Waals surface area contributed by atoms with Crippen molar-refractivity contribution in [3.8, 4) is 11.5 Å². The Morgan fingerprint density at radius 1 is 1.00 bits per heavy atom. The Balaban J connectivity index is 1.85. The molecule has 0 fully saturated rings. The van der Waals surface area contributed by atoms with E-state index in [9.17, 15) is 18.5 Å². The Morgan fingerprint density at radius 3 is 2.35 bits per heavy atom. The van der Waals surface area contributed by atoms with Crippen LogP contribution in [0.5, 0.6) is 11.5 Å². The van der Waals surface area contributed by atoms with E-state index in [-0.39, 0.29) is 22.4 Å². The number of nitro groups is 1. The summed E-state index contributed by atoms with van der Waals surface area (Å²) in [6, 6.07) is 17.2. The Bertz CT molecular complexity index is 1310. The van der Waals surface area contributed by atoms with E-state index < -0.39 is 20.6 Å². The molecule has 3 aromatic carbocycles. The van der Waals surface area contributed by atoms with Gasteiger partial charge in [0.25, 0.3) is 15.7 Å². The van der Waals surface area contributed by atoms with Crippen LogP contribution in [-0.4, -0.2) is 32.8 Å². The zero-order valence-corrected chi connectivity index (χ0v) is 19.6. The van der Waals surface area contributed by atoms with E-state index >= 15 is 0 Å². The minimum Gasteiger partial charge on any atom is -0.495 e. The summed E-state index contributed by atoms with van der Waals surface area (Å²) in [4.78, 5) is 10.7. The third-order valence-electron chi connectivity index (χ3n) is 4.50. The van der Waals surface area contributed by atoms with Gasteiger partial charge in [-0.25, -0.2) is 8.42 Å².